The number of rotatable bonds is 5. The average Bonchev–Trinajstić information content (AvgIpc) is 3.08. The first-order valence-electron chi connectivity index (χ1n) is 10.6. The molecule has 1 aliphatic carbocycles. The standard InChI is InChI=1S/C21H29N3.C2H6.2H2/c1-16(22-11-14-24-12-5-2-6-13-24)17-9-10-21-19(15-17)18-7-3-4-8-20(18)23-21;1-2;;/h9-10,15,22-23H,1-8,11-14H2;1-2H3;2*1H. The maximum absolute atomic E-state index is 4.27. The van der Waals surface area contributed by atoms with E-state index >= 15 is 0 Å². The number of hydrogen-bond donors (Lipinski definition) is 2. The lowest BCUT2D eigenvalue weighted by molar-refractivity contribution is 0.232. The van der Waals surface area contributed by atoms with Gasteiger partial charge in [0.05, 0.1) is 0 Å². The van der Waals surface area contributed by atoms with Crippen LogP contribution in [0.15, 0.2) is 24.8 Å². The van der Waals surface area contributed by atoms with E-state index in [1.165, 1.54) is 80.2 Å². The monoisotopic (exact) mass is 357 g/mol. The van der Waals surface area contributed by atoms with E-state index in [0.29, 0.717) is 0 Å². The Labute approximate surface area is 161 Å². The van der Waals surface area contributed by atoms with Gasteiger partial charge in [0.25, 0.3) is 0 Å². The van der Waals surface area contributed by atoms with E-state index in [1.807, 2.05) is 13.8 Å². The summed E-state index contributed by atoms with van der Waals surface area (Å²) in [5, 5.41) is 4.94. The maximum atomic E-state index is 4.27. The molecule has 2 aliphatic rings. The summed E-state index contributed by atoms with van der Waals surface area (Å²) in [5.41, 5.74) is 6.57. The molecule has 3 heteroatoms. The maximum Gasteiger partial charge on any atom is 0.0459 e. The van der Waals surface area contributed by atoms with Gasteiger partial charge in [0, 0.05) is 38.2 Å². The lowest BCUT2D eigenvalue weighted by atomic mass is 9.95. The summed E-state index contributed by atoms with van der Waals surface area (Å²) < 4.78 is 0. The highest BCUT2D eigenvalue weighted by Crippen LogP contribution is 2.30. The number of H-pyrrole nitrogens is 1. The normalized spacial score (nSPS) is 17.3. The van der Waals surface area contributed by atoms with Gasteiger partial charge in [-0.25, -0.2) is 0 Å². The Hall–Kier alpha value is -1.74. The topological polar surface area (TPSA) is 31.1 Å². The minimum atomic E-state index is 0. The fraction of sp³-hybridized carbons (Fsp3) is 0.565. The molecule has 0 unspecified atom stereocenters. The van der Waals surface area contributed by atoms with E-state index in [-0.39, 0.29) is 2.85 Å². The van der Waals surface area contributed by atoms with E-state index in [0.717, 1.165) is 18.8 Å². The SMILES string of the molecule is C=C(NCCN1CCCCC1)c1ccc2[nH]c3c(c2c1)CCCC3.CC.[HH].[HH]. The molecule has 1 aromatic heterocycles. The molecule has 26 heavy (non-hydrogen) atoms. The molecule has 0 saturated carbocycles. The number of aromatic nitrogens is 1. The third kappa shape index (κ3) is 4.32. The summed E-state index contributed by atoms with van der Waals surface area (Å²) in [6, 6.07) is 6.74. The molecule has 2 N–H and O–H groups in total. The molecule has 0 atom stereocenters. The summed E-state index contributed by atoms with van der Waals surface area (Å²) in [6.45, 7) is 12.9. The third-order valence-electron chi connectivity index (χ3n) is 5.66. The third-order valence-corrected chi connectivity index (χ3v) is 5.66. The molecule has 1 fully saturated rings. The summed E-state index contributed by atoms with van der Waals surface area (Å²) in [4.78, 5) is 6.18. The highest BCUT2D eigenvalue weighted by Gasteiger charge is 2.16. The zero-order valence-electron chi connectivity index (χ0n) is 16.7. The Balaban J connectivity index is 0.000000950. The number of aromatic amines is 1. The van der Waals surface area contributed by atoms with E-state index in [4.69, 9.17) is 0 Å². The zero-order valence-corrected chi connectivity index (χ0v) is 16.7. The highest BCUT2D eigenvalue weighted by molar-refractivity contribution is 5.88. The summed E-state index contributed by atoms with van der Waals surface area (Å²) in [5.74, 6) is 0. The van der Waals surface area contributed by atoms with Gasteiger partial charge in [-0.2, -0.15) is 0 Å². The Morgan fingerprint density at radius 3 is 2.69 bits per heavy atom. The molecular formula is C23H39N3. The number of aryl methyl sites for hydroxylation is 2. The lowest BCUT2D eigenvalue weighted by Gasteiger charge is -2.26. The Kier molecular flexibility index (Phi) is 6.79. The summed E-state index contributed by atoms with van der Waals surface area (Å²) in [7, 11) is 0. The number of nitrogens with zero attached hydrogens (tertiary/aromatic N) is 1. The fourth-order valence-corrected chi connectivity index (χ4v) is 4.24. The smallest absolute Gasteiger partial charge is 0.0459 e. The molecular weight excluding hydrogens is 318 g/mol. The Morgan fingerprint density at radius 2 is 1.88 bits per heavy atom. The van der Waals surface area contributed by atoms with Crippen LogP contribution in [-0.4, -0.2) is 36.1 Å². The van der Waals surface area contributed by atoms with Crippen LogP contribution >= 0.6 is 0 Å². The minimum Gasteiger partial charge on any atom is -0.384 e. The minimum absolute atomic E-state index is 0. The predicted molar refractivity (Wildman–Crippen MR) is 118 cm³/mol. The molecule has 3 nitrogen and oxygen atoms in total. The second kappa shape index (κ2) is 9.27. The second-order valence-corrected chi connectivity index (χ2v) is 7.36. The molecule has 2 heterocycles. The molecule has 0 spiro atoms. The van der Waals surface area contributed by atoms with Crippen molar-refractivity contribution >= 4 is 16.6 Å². The molecule has 1 saturated heterocycles. The molecule has 146 valence electrons. The van der Waals surface area contributed by atoms with Gasteiger partial charge >= 0.3 is 0 Å². The van der Waals surface area contributed by atoms with E-state index in [9.17, 15) is 0 Å². The van der Waals surface area contributed by atoms with Gasteiger partial charge in [-0.15, -0.1) is 0 Å². The molecule has 0 bridgehead atoms. The largest absolute Gasteiger partial charge is 0.384 e. The number of benzene rings is 1. The number of nitrogens with one attached hydrogen (secondary N) is 2. The van der Waals surface area contributed by atoms with Crippen molar-refractivity contribution in [1.82, 2.24) is 15.2 Å². The Morgan fingerprint density at radius 1 is 1.12 bits per heavy atom. The quantitative estimate of drug-likeness (QED) is 0.728. The first-order chi connectivity index (χ1) is 12.8. The van der Waals surface area contributed by atoms with Crippen LogP contribution in [0.3, 0.4) is 0 Å². The van der Waals surface area contributed by atoms with E-state index in [1.54, 1.807) is 5.56 Å². The van der Waals surface area contributed by atoms with Crippen LogP contribution in [0, 0.1) is 0 Å². The van der Waals surface area contributed by atoms with Crippen molar-refractivity contribution in [3.63, 3.8) is 0 Å². The van der Waals surface area contributed by atoms with Crippen LogP contribution < -0.4 is 5.32 Å². The molecule has 1 aromatic carbocycles. The fourth-order valence-electron chi connectivity index (χ4n) is 4.24. The van der Waals surface area contributed by atoms with Crippen molar-refractivity contribution in [2.24, 2.45) is 0 Å². The van der Waals surface area contributed by atoms with Crippen LogP contribution in [0.1, 0.15) is 65.6 Å². The first-order valence-corrected chi connectivity index (χ1v) is 10.6. The molecule has 0 amide bonds. The van der Waals surface area contributed by atoms with Gasteiger partial charge in [0.15, 0.2) is 0 Å². The summed E-state index contributed by atoms with van der Waals surface area (Å²) in [6.07, 6.45) is 9.17. The van der Waals surface area contributed by atoms with Crippen molar-refractivity contribution in [2.75, 3.05) is 26.2 Å². The van der Waals surface area contributed by atoms with Gasteiger partial charge in [0.2, 0.25) is 0 Å². The van der Waals surface area contributed by atoms with Crippen LogP contribution in [0.2, 0.25) is 0 Å². The lowest BCUT2D eigenvalue weighted by Crippen LogP contribution is -2.35. The van der Waals surface area contributed by atoms with E-state index in [2.05, 4.69) is 40.0 Å². The Bertz CT molecular complexity index is 733. The number of likely N-dealkylation sites (tertiary alicyclic amines) is 1. The molecule has 1 aliphatic heterocycles. The predicted octanol–water partition coefficient (Wildman–Crippen LogP) is 5.61. The number of fused-ring (bicyclic) bond motifs is 3. The summed E-state index contributed by atoms with van der Waals surface area (Å²) >= 11 is 0. The van der Waals surface area contributed by atoms with Crippen molar-refractivity contribution in [3.05, 3.63) is 41.6 Å². The van der Waals surface area contributed by atoms with Gasteiger partial charge < -0.3 is 15.2 Å². The van der Waals surface area contributed by atoms with Gasteiger partial charge in [0.1, 0.15) is 0 Å². The van der Waals surface area contributed by atoms with Crippen molar-refractivity contribution in [3.8, 4) is 0 Å². The molecule has 4 rings (SSSR count). The number of piperidine rings is 1. The number of hydrogen-bond acceptors (Lipinski definition) is 2. The van der Waals surface area contributed by atoms with Gasteiger partial charge in [-0.05, 0) is 74.9 Å². The van der Waals surface area contributed by atoms with Crippen LogP contribution in [0.4, 0.5) is 0 Å². The van der Waals surface area contributed by atoms with Crippen molar-refractivity contribution in [1.29, 1.82) is 0 Å². The highest BCUT2D eigenvalue weighted by atomic mass is 15.1. The molecule has 0 radical (unpaired) electrons. The van der Waals surface area contributed by atoms with Crippen LogP contribution in [-0.2, 0) is 12.8 Å². The average molecular weight is 358 g/mol. The zero-order chi connectivity index (χ0) is 18.4. The van der Waals surface area contributed by atoms with Crippen LogP contribution in [0.25, 0.3) is 16.6 Å². The molecule has 2 aromatic rings. The second-order valence-electron chi connectivity index (χ2n) is 7.36. The first kappa shape index (κ1) is 19.0. The van der Waals surface area contributed by atoms with Gasteiger partial charge in [-0.3, -0.25) is 0 Å². The van der Waals surface area contributed by atoms with E-state index < -0.39 is 0 Å². The van der Waals surface area contributed by atoms with Crippen molar-refractivity contribution in [2.45, 2.75) is 58.8 Å². The van der Waals surface area contributed by atoms with Crippen molar-refractivity contribution < 1.29 is 2.85 Å². The van der Waals surface area contributed by atoms with Gasteiger partial charge in [-0.1, -0.05) is 32.9 Å². The van der Waals surface area contributed by atoms with Crippen LogP contribution in [0.5, 0.6) is 0 Å².